The lowest BCUT2D eigenvalue weighted by atomic mass is 10.0. The van der Waals surface area contributed by atoms with E-state index in [1.165, 1.54) is 17.0 Å². The SMILES string of the molecule is Cc1ccc(N2C(=O)/C(=C/c3ccc(Sc4ccccn4)c([N+](=O)[O-])c3)C(=O)NC2=S)cc1C. The van der Waals surface area contributed by atoms with Crippen molar-refractivity contribution in [1.29, 1.82) is 0 Å². The van der Waals surface area contributed by atoms with E-state index in [1.54, 1.807) is 42.6 Å². The van der Waals surface area contributed by atoms with Crippen LogP contribution in [0.3, 0.4) is 0 Å². The van der Waals surface area contributed by atoms with Crippen LogP contribution in [0.15, 0.2) is 76.3 Å². The van der Waals surface area contributed by atoms with E-state index in [-0.39, 0.29) is 16.4 Å². The molecular formula is C24H18N4O4S2. The van der Waals surface area contributed by atoms with Gasteiger partial charge in [0, 0.05) is 12.3 Å². The van der Waals surface area contributed by atoms with E-state index >= 15 is 0 Å². The Kier molecular flexibility index (Phi) is 6.53. The molecule has 0 bridgehead atoms. The largest absolute Gasteiger partial charge is 0.298 e. The molecule has 1 fully saturated rings. The van der Waals surface area contributed by atoms with E-state index in [2.05, 4.69) is 10.3 Å². The normalized spacial score (nSPS) is 14.9. The molecule has 0 aliphatic carbocycles. The van der Waals surface area contributed by atoms with Gasteiger partial charge >= 0.3 is 0 Å². The fourth-order valence-corrected chi connectivity index (χ4v) is 4.44. The molecule has 10 heteroatoms. The Morgan fingerprint density at radius 2 is 1.88 bits per heavy atom. The zero-order chi connectivity index (χ0) is 24.4. The second-order valence-corrected chi connectivity index (χ2v) is 8.93. The summed E-state index contributed by atoms with van der Waals surface area (Å²) in [6.07, 6.45) is 2.93. The van der Waals surface area contributed by atoms with Crippen molar-refractivity contribution in [3.8, 4) is 0 Å². The lowest BCUT2D eigenvalue weighted by molar-refractivity contribution is -0.387. The number of benzene rings is 2. The molecule has 170 valence electrons. The quantitative estimate of drug-likeness (QED) is 0.183. The minimum absolute atomic E-state index is 0.0245. The van der Waals surface area contributed by atoms with Gasteiger partial charge in [0.05, 0.1) is 15.5 Å². The molecular weight excluding hydrogens is 472 g/mol. The van der Waals surface area contributed by atoms with Crippen LogP contribution in [-0.2, 0) is 9.59 Å². The van der Waals surface area contributed by atoms with Gasteiger partial charge in [0.1, 0.15) is 10.6 Å². The van der Waals surface area contributed by atoms with Crippen LogP contribution < -0.4 is 10.2 Å². The van der Waals surface area contributed by atoms with E-state index in [1.807, 2.05) is 26.0 Å². The van der Waals surface area contributed by atoms with Crippen LogP contribution in [0, 0.1) is 24.0 Å². The molecule has 1 N–H and O–H groups in total. The Hall–Kier alpha value is -3.89. The molecule has 2 heterocycles. The van der Waals surface area contributed by atoms with Gasteiger partial charge in [-0.25, -0.2) is 4.98 Å². The van der Waals surface area contributed by atoms with Crippen molar-refractivity contribution in [3.05, 3.63) is 93.2 Å². The zero-order valence-corrected chi connectivity index (χ0v) is 19.8. The Labute approximate surface area is 204 Å². The van der Waals surface area contributed by atoms with Crippen molar-refractivity contribution in [2.75, 3.05) is 4.90 Å². The number of pyridine rings is 1. The maximum absolute atomic E-state index is 13.2. The molecule has 34 heavy (non-hydrogen) atoms. The first-order valence-electron chi connectivity index (χ1n) is 10.1. The monoisotopic (exact) mass is 490 g/mol. The zero-order valence-electron chi connectivity index (χ0n) is 18.1. The van der Waals surface area contributed by atoms with E-state index < -0.39 is 16.7 Å². The van der Waals surface area contributed by atoms with Gasteiger partial charge in [0.2, 0.25) is 0 Å². The summed E-state index contributed by atoms with van der Waals surface area (Å²) in [5.41, 5.74) is 2.55. The number of carbonyl (C=O) groups is 2. The van der Waals surface area contributed by atoms with Crippen LogP contribution in [0.25, 0.3) is 6.08 Å². The molecule has 2 amide bonds. The van der Waals surface area contributed by atoms with Crippen LogP contribution >= 0.6 is 24.0 Å². The summed E-state index contributed by atoms with van der Waals surface area (Å²) in [4.78, 5) is 42.8. The van der Waals surface area contributed by atoms with Gasteiger partial charge in [0.25, 0.3) is 17.5 Å². The highest BCUT2D eigenvalue weighted by atomic mass is 32.2. The first-order valence-corrected chi connectivity index (χ1v) is 11.3. The third kappa shape index (κ3) is 4.73. The van der Waals surface area contributed by atoms with Gasteiger partial charge in [-0.3, -0.25) is 29.9 Å². The predicted molar refractivity (Wildman–Crippen MR) is 134 cm³/mol. The van der Waals surface area contributed by atoms with Gasteiger partial charge in [-0.15, -0.1) is 0 Å². The summed E-state index contributed by atoms with van der Waals surface area (Å²) >= 11 is 6.39. The topological polar surface area (TPSA) is 105 Å². The summed E-state index contributed by atoms with van der Waals surface area (Å²) in [5.74, 6) is -1.27. The molecule has 1 saturated heterocycles. The molecule has 0 saturated carbocycles. The smallest absolute Gasteiger partial charge is 0.283 e. The first-order chi connectivity index (χ1) is 16.2. The fraction of sp³-hybridized carbons (Fsp3) is 0.0833. The second kappa shape index (κ2) is 9.54. The average Bonchev–Trinajstić information content (AvgIpc) is 2.80. The number of hydrogen-bond acceptors (Lipinski definition) is 7. The number of amides is 2. The number of carbonyl (C=O) groups excluding carboxylic acids is 2. The van der Waals surface area contributed by atoms with E-state index in [0.717, 1.165) is 22.9 Å². The molecule has 0 atom stereocenters. The van der Waals surface area contributed by atoms with Crippen LogP contribution in [0.2, 0.25) is 0 Å². The molecule has 1 aliphatic rings. The minimum Gasteiger partial charge on any atom is -0.298 e. The van der Waals surface area contributed by atoms with Crippen LogP contribution in [0.5, 0.6) is 0 Å². The summed E-state index contributed by atoms with van der Waals surface area (Å²) < 4.78 is 0. The number of hydrogen-bond donors (Lipinski definition) is 1. The maximum atomic E-state index is 13.2. The Bertz CT molecular complexity index is 1370. The molecule has 0 spiro atoms. The molecule has 3 aromatic rings. The van der Waals surface area contributed by atoms with Crippen molar-refractivity contribution >= 4 is 58.4 Å². The minimum atomic E-state index is -0.662. The van der Waals surface area contributed by atoms with Gasteiger partial charge < -0.3 is 0 Å². The number of aryl methyl sites for hydroxylation is 2. The third-order valence-corrected chi connectivity index (χ3v) is 6.49. The van der Waals surface area contributed by atoms with Crippen molar-refractivity contribution in [2.24, 2.45) is 0 Å². The van der Waals surface area contributed by atoms with Crippen LogP contribution in [0.4, 0.5) is 11.4 Å². The Morgan fingerprint density at radius 3 is 2.56 bits per heavy atom. The Balaban J connectivity index is 1.70. The highest BCUT2D eigenvalue weighted by Crippen LogP contribution is 2.35. The Morgan fingerprint density at radius 1 is 1.09 bits per heavy atom. The highest BCUT2D eigenvalue weighted by molar-refractivity contribution is 7.99. The number of anilines is 1. The number of nitro benzene ring substituents is 1. The molecule has 1 aliphatic heterocycles. The average molecular weight is 491 g/mol. The highest BCUT2D eigenvalue weighted by Gasteiger charge is 2.34. The first kappa shape index (κ1) is 23.3. The van der Waals surface area contributed by atoms with Crippen LogP contribution in [0.1, 0.15) is 16.7 Å². The summed E-state index contributed by atoms with van der Waals surface area (Å²) in [5, 5.41) is 14.8. The van der Waals surface area contributed by atoms with Crippen molar-refractivity contribution in [3.63, 3.8) is 0 Å². The van der Waals surface area contributed by atoms with Gasteiger partial charge in [-0.1, -0.05) is 30.0 Å². The standard InChI is InChI=1S/C24H18N4O4S2/c1-14-6-8-17(11-15(14)2)27-23(30)18(22(29)26-24(27)33)12-16-7-9-20(19(13-16)28(31)32)34-21-5-3-4-10-25-21/h3-13H,1-2H3,(H,26,29,33)/b18-12+. The van der Waals surface area contributed by atoms with Gasteiger partial charge in [-0.05, 0) is 79.2 Å². The summed E-state index contributed by atoms with van der Waals surface area (Å²) in [6, 6.07) is 15.2. The molecule has 8 nitrogen and oxygen atoms in total. The third-order valence-electron chi connectivity index (χ3n) is 5.19. The second-order valence-electron chi connectivity index (χ2n) is 7.48. The van der Waals surface area contributed by atoms with E-state index in [9.17, 15) is 19.7 Å². The molecule has 0 radical (unpaired) electrons. The van der Waals surface area contributed by atoms with E-state index in [4.69, 9.17) is 12.2 Å². The number of thiocarbonyl (C=S) groups is 1. The molecule has 0 unspecified atom stereocenters. The number of rotatable bonds is 5. The van der Waals surface area contributed by atoms with Crippen LogP contribution in [-0.4, -0.2) is 26.8 Å². The van der Waals surface area contributed by atoms with Crippen molar-refractivity contribution in [2.45, 2.75) is 23.8 Å². The molecule has 4 rings (SSSR count). The molecule has 1 aromatic heterocycles. The fourth-order valence-electron chi connectivity index (χ4n) is 3.30. The predicted octanol–water partition coefficient (Wildman–Crippen LogP) is 4.59. The summed E-state index contributed by atoms with van der Waals surface area (Å²) in [7, 11) is 0. The van der Waals surface area contributed by atoms with Crippen molar-refractivity contribution < 1.29 is 14.5 Å². The van der Waals surface area contributed by atoms with Gasteiger partial charge in [0.15, 0.2) is 5.11 Å². The number of aromatic nitrogens is 1. The number of nitrogens with zero attached hydrogens (tertiary/aromatic N) is 3. The van der Waals surface area contributed by atoms with Crippen molar-refractivity contribution in [1.82, 2.24) is 10.3 Å². The molecule has 2 aromatic carbocycles. The lowest BCUT2D eigenvalue weighted by Crippen LogP contribution is -2.54. The maximum Gasteiger partial charge on any atom is 0.283 e. The number of nitrogens with one attached hydrogen (secondary N) is 1. The lowest BCUT2D eigenvalue weighted by Gasteiger charge is -2.29. The van der Waals surface area contributed by atoms with E-state index in [0.29, 0.717) is 21.2 Å². The van der Waals surface area contributed by atoms with Gasteiger partial charge in [-0.2, -0.15) is 0 Å². The summed E-state index contributed by atoms with van der Waals surface area (Å²) in [6.45, 7) is 3.86. The number of nitro groups is 1.